The van der Waals surface area contributed by atoms with Crippen molar-refractivity contribution in [3.8, 4) is 5.75 Å². The summed E-state index contributed by atoms with van der Waals surface area (Å²) in [4.78, 5) is 11.8. The first-order valence-electron chi connectivity index (χ1n) is 13.1. The highest BCUT2D eigenvalue weighted by Crippen LogP contribution is 2.11. The number of unbranched alkanes of at least 4 members (excludes halogenated alkanes) is 11. The van der Waals surface area contributed by atoms with Gasteiger partial charge in [-0.3, -0.25) is 4.79 Å². The van der Waals surface area contributed by atoms with Gasteiger partial charge in [0.2, 0.25) is 0 Å². The van der Waals surface area contributed by atoms with Crippen LogP contribution in [0.15, 0.2) is 36.4 Å². The van der Waals surface area contributed by atoms with Gasteiger partial charge in [-0.15, -0.1) is 0 Å². The molecule has 1 aromatic carbocycles. The molecule has 0 aromatic heterocycles. The van der Waals surface area contributed by atoms with Crippen LogP contribution >= 0.6 is 0 Å². The van der Waals surface area contributed by atoms with Crippen molar-refractivity contribution in [1.29, 1.82) is 0 Å². The summed E-state index contributed by atoms with van der Waals surface area (Å²) >= 11 is 0. The maximum Gasteiger partial charge on any atom is 0.488 e. The molecule has 0 bridgehead atoms. The number of aliphatic hydroxyl groups excluding tert-OH is 1. The molecule has 192 valence electrons. The molecule has 0 radical (unpaired) electrons. The molecule has 0 aliphatic carbocycles. The minimum Gasteiger partial charge on any atom is -0.491 e. The van der Waals surface area contributed by atoms with Gasteiger partial charge in [0.15, 0.2) is 0 Å². The van der Waals surface area contributed by atoms with Crippen LogP contribution in [0.4, 0.5) is 0 Å². The zero-order valence-corrected chi connectivity index (χ0v) is 21.0. The summed E-state index contributed by atoms with van der Waals surface area (Å²) in [5.41, 5.74) is 0.359. The van der Waals surface area contributed by atoms with E-state index in [4.69, 9.17) is 19.5 Å². The van der Waals surface area contributed by atoms with Gasteiger partial charge in [-0.25, -0.2) is 0 Å². The SMILES string of the molecule is CCCCCCCC/C=C\CCCCCCCC(=O)OC[C@@H](O)COc1ccc(B(O)O)cc1. The average molecular weight is 476 g/mol. The van der Waals surface area contributed by atoms with E-state index in [9.17, 15) is 9.90 Å². The van der Waals surface area contributed by atoms with E-state index in [0.717, 1.165) is 25.7 Å². The third-order valence-corrected chi connectivity index (χ3v) is 5.70. The van der Waals surface area contributed by atoms with Gasteiger partial charge < -0.3 is 24.6 Å². The van der Waals surface area contributed by atoms with Crippen molar-refractivity contribution in [2.24, 2.45) is 0 Å². The van der Waals surface area contributed by atoms with Crippen molar-refractivity contribution in [3.63, 3.8) is 0 Å². The second kappa shape index (κ2) is 20.5. The van der Waals surface area contributed by atoms with Crippen molar-refractivity contribution in [3.05, 3.63) is 36.4 Å². The highest BCUT2D eigenvalue weighted by Gasteiger charge is 2.12. The zero-order chi connectivity index (χ0) is 24.9. The van der Waals surface area contributed by atoms with Crippen LogP contribution in [0.2, 0.25) is 0 Å². The van der Waals surface area contributed by atoms with Crippen LogP contribution in [-0.2, 0) is 9.53 Å². The van der Waals surface area contributed by atoms with Crippen LogP contribution in [0.1, 0.15) is 96.8 Å². The van der Waals surface area contributed by atoms with Crippen LogP contribution in [0.3, 0.4) is 0 Å². The molecule has 0 heterocycles. The lowest BCUT2D eigenvalue weighted by Crippen LogP contribution is -2.29. The maximum atomic E-state index is 11.8. The molecule has 0 aliphatic rings. The van der Waals surface area contributed by atoms with E-state index in [1.807, 2.05) is 0 Å². The molecular formula is C27H45BO6. The second-order valence-corrected chi connectivity index (χ2v) is 8.92. The van der Waals surface area contributed by atoms with Gasteiger partial charge in [-0.2, -0.15) is 0 Å². The Balaban J connectivity index is 1.92. The molecule has 1 aromatic rings. The van der Waals surface area contributed by atoms with E-state index in [2.05, 4.69) is 19.1 Å². The van der Waals surface area contributed by atoms with Gasteiger partial charge in [0.1, 0.15) is 25.1 Å². The predicted octanol–water partition coefficient (Wildman–Crippen LogP) is 4.69. The summed E-state index contributed by atoms with van der Waals surface area (Å²) < 4.78 is 10.5. The van der Waals surface area contributed by atoms with Gasteiger partial charge in [0, 0.05) is 6.42 Å². The van der Waals surface area contributed by atoms with Crippen molar-refractivity contribution >= 4 is 18.6 Å². The number of allylic oxidation sites excluding steroid dienone is 2. The molecule has 0 amide bonds. The minimum atomic E-state index is -1.53. The van der Waals surface area contributed by atoms with E-state index < -0.39 is 13.2 Å². The number of ether oxygens (including phenoxy) is 2. The summed E-state index contributed by atoms with van der Waals surface area (Å²) in [7, 11) is -1.53. The fourth-order valence-electron chi connectivity index (χ4n) is 3.58. The number of hydrogen-bond donors (Lipinski definition) is 3. The van der Waals surface area contributed by atoms with Crippen LogP contribution < -0.4 is 10.2 Å². The third kappa shape index (κ3) is 16.7. The largest absolute Gasteiger partial charge is 0.491 e. The molecule has 34 heavy (non-hydrogen) atoms. The Morgan fingerprint density at radius 1 is 0.853 bits per heavy atom. The van der Waals surface area contributed by atoms with Gasteiger partial charge in [0.25, 0.3) is 0 Å². The molecule has 0 saturated heterocycles. The Hall–Kier alpha value is -1.83. The van der Waals surface area contributed by atoms with E-state index in [-0.39, 0.29) is 19.2 Å². The normalized spacial score (nSPS) is 12.1. The molecule has 0 aliphatic heterocycles. The number of hydrogen-bond acceptors (Lipinski definition) is 6. The lowest BCUT2D eigenvalue weighted by molar-refractivity contribution is -0.147. The molecule has 1 rings (SSSR count). The fraction of sp³-hybridized carbons (Fsp3) is 0.667. The number of rotatable bonds is 21. The Bertz CT molecular complexity index is 647. The highest BCUT2D eigenvalue weighted by molar-refractivity contribution is 6.58. The molecule has 0 saturated carbocycles. The average Bonchev–Trinajstić information content (AvgIpc) is 2.84. The second-order valence-electron chi connectivity index (χ2n) is 8.92. The van der Waals surface area contributed by atoms with Crippen LogP contribution in [0, 0.1) is 0 Å². The Kier molecular flexibility index (Phi) is 18.2. The maximum absolute atomic E-state index is 11.8. The summed E-state index contributed by atoms with van der Waals surface area (Å²) in [6, 6.07) is 6.22. The lowest BCUT2D eigenvalue weighted by Gasteiger charge is -2.13. The van der Waals surface area contributed by atoms with Crippen molar-refractivity contribution in [2.45, 2.75) is 103 Å². The quantitative estimate of drug-likeness (QED) is 0.103. The zero-order valence-electron chi connectivity index (χ0n) is 21.0. The third-order valence-electron chi connectivity index (χ3n) is 5.70. The number of benzene rings is 1. The summed E-state index contributed by atoms with van der Waals surface area (Å²) in [5, 5.41) is 28.0. The van der Waals surface area contributed by atoms with E-state index in [1.54, 1.807) is 12.1 Å². The molecule has 0 fully saturated rings. The molecule has 1 atom stereocenters. The fourth-order valence-corrected chi connectivity index (χ4v) is 3.58. The smallest absolute Gasteiger partial charge is 0.488 e. The first kappa shape index (κ1) is 30.2. The summed E-state index contributed by atoms with van der Waals surface area (Å²) in [6.45, 7) is 2.14. The number of carbonyl (C=O) groups is 1. The van der Waals surface area contributed by atoms with E-state index >= 15 is 0 Å². The monoisotopic (exact) mass is 476 g/mol. The van der Waals surface area contributed by atoms with Gasteiger partial charge in [-0.1, -0.05) is 82.6 Å². The van der Waals surface area contributed by atoms with Crippen molar-refractivity contribution < 1.29 is 29.4 Å². The first-order valence-corrected chi connectivity index (χ1v) is 13.1. The van der Waals surface area contributed by atoms with Crippen molar-refractivity contribution in [2.75, 3.05) is 13.2 Å². The van der Waals surface area contributed by atoms with E-state index in [0.29, 0.717) is 17.6 Å². The summed E-state index contributed by atoms with van der Waals surface area (Å²) in [5.74, 6) is 0.195. The predicted molar refractivity (Wildman–Crippen MR) is 138 cm³/mol. The lowest BCUT2D eigenvalue weighted by atomic mass is 9.80. The number of carbonyl (C=O) groups excluding carboxylic acids is 1. The van der Waals surface area contributed by atoms with Gasteiger partial charge in [-0.05, 0) is 49.7 Å². The van der Waals surface area contributed by atoms with Crippen molar-refractivity contribution in [1.82, 2.24) is 0 Å². The standard InChI is InChI=1S/C27H45BO6/c1-2-3-4-5-6-7-8-9-10-11-12-13-14-15-16-17-27(30)34-23-25(29)22-33-26-20-18-24(19-21-26)28(31)32/h9-10,18-21,25,29,31-32H,2-8,11-17,22-23H2,1H3/b10-9-/t25-/m0/s1. The topological polar surface area (TPSA) is 96.2 Å². The Morgan fingerprint density at radius 3 is 2.00 bits per heavy atom. The molecule has 0 unspecified atom stereocenters. The number of aliphatic hydroxyl groups is 1. The Morgan fingerprint density at radius 2 is 1.41 bits per heavy atom. The minimum absolute atomic E-state index is 0.0122. The van der Waals surface area contributed by atoms with Crippen LogP contribution in [0.5, 0.6) is 5.75 Å². The number of esters is 1. The molecule has 6 nitrogen and oxygen atoms in total. The Labute approximate surface area is 206 Å². The van der Waals surface area contributed by atoms with Crippen LogP contribution in [-0.4, -0.2) is 47.6 Å². The highest BCUT2D eigenvalue weighted by atomic mass is 16.5. The van der Waals surface area contributed by atoms with Gasteiger partial charge in [0.05, 0.1) is 0 Å². The van der Waals surface area contributed by atoms with E-state index in [1.165, 1.54) is 69.9 Å². The van der Waals surface area contributed by atoms with Gasteiger partial charge >= 0.3 is 13.1 Å². The summed E-state index contributed by atoms with van der Waals surface area (Å²) in [6.07, 6.45) is 19.9. The molecule has 0 spiro atoms. The molecule has 7 heteroatoms. The molecular weight excluding hydrogens is 431 g/mol. The first-order chi connectivity index (χ1) is 16.5. The van der Waals surface area contributed by atoms with Crippen LogP contribution in [0.25, 0.3) is 0 Å². The molecule has 3 N–H and O–H groups in total.